The molecule has 2 heterocycles. The maximum Gasteiger partial charge on any atom is 0.290 e. The standard InChI is InChI=1S/C23H29NO7/c1-28-16-11-13(12-17(29-2)21(16)30-3)19-18-20(26)14-7-4-5-8-15(14)31-22(18)23(27)24(19)9-6-10-25/h11-12,14-15,19,25H,4-10H2,1-3H3. The molecule has 1 N–H and O–H groups in total. The topological polar surface area (TPSA) is 94.5 Å². The van der Waals surface area contributed by atoms with Crippen molar-refractivity contribution < 1.29 is 33.6 Å². The fraction of sp³-hybridized carbons (Fsp3) is 0.565. The quantitative estimate of drug-likeness (QED) is 0.708. The number of fused-ring (bicyclic) bond motifs is 1. The summed E-state index contributed by atoms with van der Waals surface area (Å²) < 4.78 is 22.5. The van der Waals surface area contributed by atoms with E-state index >= 15 is 0 Å². The average Bonchev–Trinajstić information content (AvgIpc) is 3.08. The van der Waals surface area contributed by atoms with Gasteiger partial charge < -0.3 is 29.0 Å². The molecule has 1 saturated carbocycles. The van der Waals surface area contributed by atoms with Crippen molar-refractivity contribution in [2.75, 3.05) is 34.5 Å². The molecule has 4 rings (SSSR count). The van der Waals surface area contributed by atoms with Gasteiger partial charge in [-0.1, -0.05) is 6.42 Å². The Balaban J connectivity index is 1.84. The van der Waals surface area contributed by atoms with Crippen LogP contribution in [0.5, 0.6) is 17.2 Å². The first-order chi connectivity index (χ1) is 15.0. The first-order valence-corrected chi connectivity index (χ1v) is 10.7. The van der Waals surface area contributed by atoms with Crippen LogP contribution in [-0.4, -0.2) is 62.3 Å². The lowest BCUT2D eigenvalue weighted by molar-refractivity contribution is -0.135. The van der Waals surface area contributed by atoms with Crippen molar-refractivity contribution in [3.63, 3.8) is 0 Å². The van der Waals surface area contributed by atoms with Crippen LogP contribution < -0.4 is 14.2 Å². The lowest BCUT2D eigenvalue weighted by Crippen LogP contribution is -2.39. The third-order valence-electron chi connectivity index (χ3n) is 6.42. The molecule has 0 bridgehead atoms. The number of amides is 1. The number of hydrogen-bond donors (Lipinski definition) is 1. The van der Waals surface area contributed by atoms with E-state index < -0.39 is 6.04 Å². The molecule has 8 nitrogen and oxygen atoms in total. The molecule has 31 heavy (non-hydrogen) atoms. The van der Waals surface area contributed by atoms with Gasteiger partial charge in [-0.15, -0.1) is 0 Å². The zero-order valence-electron chi connectivity index (χ0n) is 18.2. The molecule has 3 atom stereocenters. The smallest absolute Gasteiger partial charge is 0.290 e. The molecule has 2 aliphatic heterocycles. The number of ether oxygens (including phenoxy) is 4. The van der Waals surface area contributed by atoms with Crippen LogP contribution in [0.4, 0.5) is 0 Å². The summed E-state index contributed by atoms with van der Waals surface area (Å²) in [5.74, 6) is 0.949. The predicted octanol–water partition coefficient (Wildman–Crippen LogP) is 2.39. The largest absolute Gasteiger partial charge is 0.493 e. The number of ketones is 1. The maximum atomic E-state index is 13.6. The number of aliphatic hydroxyl groups excluding tert-OH is 1. The van der Waals surface area contributed by atoms with Gasteiger partial charge in [0, 0.05) is 13.2 Å². The molecule has 168 valence electrons. The number of aliphatic hydroxyl groups is 1. The molecule has 1 aliphatic carbocycles. The van der Waals surface area contributed by atoms with E-state index in [1.807, 2.05) is 0 Å². The maximum absolute atomic E-state index is 13.6. The molecule has 1 amide bonds. The molecule has 0 aromatic heterocycles. The fourth-order valence-corrected chi connectivity index (χ4v) is 4.97. The lowest BCUT2D eigenvalue weighted by Gasteiger charge is -2.35. The van der Waals surface area contributed by atoms with Crippen LogP contribution in [0.3, 0.4) is 0 Å². The Morgan fingerprint density at radius 3 is 2.35 bits per heavy atom. The van der Waals surface area contributed by atoms with Crippen molar-refractivity contribution >= 4 is 11.7 Å². The second kappa shape index (κ2) is 8.78. The second-order valence-corrected chi connectivity index (χ2v) is 8.09. The van der Waals surface area contributed by atoms with Gasteiger partial charge in [0.1, 0.15) is 6.10 Å². The normalized spacial score (nSPS) is 25.2. The molecule has 8 heteroatoms. The van der Waals surface area contributed by atoms with Crippen molar-refractivity contribution in [1.82, 2.24) is 4.90 Å². The molecule has 0 saturated heterocycles. The zero-order valence-corrected chi connectivity index (χ0v) is 18.2. The molecule has 1 aromatic rings. The van der Waals surface area contributed by atoms with Gasteiger partial charge in [0.2, 0.25) is 5.75 Å². The highest BCUT2D eigenvalue weighted by molar-refractivity contribution is 6.11. The first kappa shape index (κ1) is 21.5. The van der Waals surface area contributed by atoms with Gasteiger partial charge in [0.15, 0.2) is 23.0 Å². The van der Waals surface area contributed by atoms with Crippen molar-refractivity contribution in [3.8, 4) is 17.2 Å². The molecule has 3 unspecified atom stereocenters. The molecular formula is C23H29NO7. The number of rotatable bonds is 7. The predicted molar refractivity (Wildman–Crippen MR) is 111 cm³/mol. The summed E-state index contributed by atoms with van der Waals surface area (Å²) in [6, 6.07) is 2.90. The minimum Gasteiger partial charge on any atom is -0.493 e. The van der Waals surface area contributed by atoms with Gasteiger partial charge in [-0.05, 0) is 43.4 Å². The Labute approximate surface area is 181 Å². The van der Waals surface area contributed by atoms with Crippen molar-refractivity contribution in [2.24, 2.45) is 5.92 Å². The number of carbonyl (C=O) groups excluding carboxylic acids is 2. The van der Waals surface area contributed by atoms with Crippen LogP contribution in [0.25, 0.3) is 0 Å². The van der Waals surface area contributed by atoms with Crippen LogP contribution in [0.15, 0.2) is 23.5 Å². The van der Waals surface area contributed by atoms with E-state index in [4.69, 9.17) is 18.9 Å². The Hall–Kier alpha value is -2.74. The lowest BCUT2D eigenvalue weighted by atomic mass is 9.77. The van der Waals surface area contributed by atoms with Gasteiger partial charge in [0.05, 0.1) is 38.9 Å². The van der Waals surface area contributed by atoms with Crippen molar-refractivity contribution in [3.05, 3.63) is 29.0 Å². The fourth-order valence-electron chi connectivity index (χ4n) is 4.97. The number of carbonyl (C=O) groups is 2. The van der Waals surface area contributed by atoms with E-state index in [0.717, 1.165) is 25.7 Å². The summed E-state index contributed by atoms with van der Waals surface area (Å²) in [7, 11) is 4.57. The molecule has 0 spiro atoms. The van der Waals surface area contributed by atoms with E-state index in [0.29, 0.717) is 41.4 Å². The Morgan fingerprint density at radius 1 is 1.06 bits per heavy atom. The van der Waals surface area contributed by atoms with Crippen molar-refractivity contribution in [2.45, 2.75) is 44.2 Å². The second-order valence-electron chi connectivity index (χ2n) is 8.09. The van der Waals surface area contributed by atoms with Gasteiger partial charge >= 0.3 is 0 Å². The van der Waals surface area contributed by atoms with Gasteiger partial charge in [-0.25, -0.2) is 0 Å². The zero-order chi connectivity index (χ0) is 22.1. The number of methoxy groups -OCH3 is 3. The minimum atomic E-state index is -0.627. The molecule has 1 aromatic carbocycles. The Morgan fingerprint density at radius 2 is 1.74 bits per heavy atom. The summed E-state index contributed by atoms with van der Waals surface area (Å²) in [4.78, 5) is 28.5. The van der Waals surface area contributed by atoms with E-state index in [2.05, 4.69) is 0 Å². The van der Waals surface area contributed by atoms with Gasteiger partial charge in [-0.2, -0.15) is 0 Å². The summed E-state index contributed by atoms with van der Waals surface area (Å²) in [6.07, 6.45) is 3.70. The number of benzene rings is 1. The highest BCUT2D eigenvalue weighted by Gasteiger charge is 2.52. The van der Waals surface area contributed by atoms with Crippen LogP contribution >= 0.6 is 0 Å². The Bertz CT molecular complexity index is 884. The van der Waals surface area contributed by atoms with Crippen LogP contribution in [0.2, 0.25) is 0 Å². The average molecular weight is 431 g/mol. The number of hydrogen-bond acceptors (Lipinski definition) is 7. The highest BCUT2D eigenvalue weighted by Crippen LogP contribution is 2.49. The SMILES string of the molecule is COc1cc(C2C3=C(OC4CCCCC4C3=O)C(=O)N2CCCO)cc(OC)c1OC. The minimum absolute atomic E-state index is 0.00968. The van der Waals surface area contributed by atoms with Crippen molar-refractivity contribution in [1.29, 1.82) is 0 Å². The highest BCUT2D eigenvalue weighted by atomic mass is 16.5. The third kappa shape index (κ3) is 3.52. The van der Waals surface area contributed by atoms with E-state index in [-0.39, 0.29) is 36.1 Å². The number of Topliss-reactive ketones (excluding diaryl/α,β-unsaturated/α-hetero) is 1. The third-order valence-corrected chi connectivity index (χ3v) is 6.42. The van der Waals surface area contributed by atoms with E-state index in [1.165, 1.54) is 21.3 Å². The van der Waals surface area contributed by atoms with Gasteiger partial charge in [0.25, 0.3) is 5.91 Å². The summed E-state index contributed by atoms with van der Waals surface area (Å²) in [5.41, 5.74) is 1.08. The first-order valence-electron chi connectivity index (χ1n) is 10.7. The molecule has 1 fully saturated rings. The van der Waals surface area contributed by atoms with E-state index in [9.17, 15) is 14.7 Å². The monoisotopic (exact) mass is 431 g/mol. The van der Waals surface area contributed by atoms with Crippen LogP contribution in [0.1, 0.15) is 43.7 Å². The van der Waals surface area contributed by atoms with Crippen LogP contribution in [0, 0.1) is 5.92 Å². The summed E-state index contributed by atoms with van der Waals surface area (Å²) in [6.45, 7) is 0.242. The van der Waals surface area contributed by atoms with E-state index in [1.54, 1.807) is 17.0 Å². The van der Waals surface area contributed by atoms with Crippen LogP contribution in [-0.2, 0) is 14.3 Å². The molecule has 3 aliphatic rings. The number of nitrogens with zero attached hydrogens (tertiary/aromatic N) is 1. The Kier molecular flexibility index (Phi) is 6.09. The summed E-state index contributed by atoms with van der Waals surface area (Å²) in [5, 5.41) is 9.38. The van der Waals surface area contributed by atoms with Gasteiger partial charge in [-0.3, -0.25) is 9.59 Å². The molecule has 0 radical (unpaired) electrons. The molecular weight excluding hydrogens is 402 g/mol. The summed E-state index contributed by atoms with van der Waals surface area (Å²) >= 11 is 0.